The van der Waals surface area contributed by atoms with Gasteiger partial charge in [0.15, 0.2) is 0 Å². The van der Waals surface area contributed by atoms with Gasteiger partial charge in [0.05, 0.1) is 33.5 Å². The Hall–Kier alpha value is -3.13. The molecule has 1 aliphatic rings. The first-order valence-electron chi connectivity index (χ1n) is 13.1. The zero-order chi connectivity index (χ0) is 33.0. The number of aromatic carboxylic acids is 2. The van der Waals surface area contributed by atoms with Crippen LogP contribution in [0.15, 0.2) is 36.4 Å². The van der Waals surface area contributed by atoms with Crippen molar-refractivity contribution in [2.75, 3.05) is 24.7 Å². The third kappa shape index (κ3) is 10.0. The first kappa shape index (κ1) is 36.9. The minimum absolute atomic E-state index is 0.0666. The summed E-state index contributed by atoms with van der Waals surface area (Å²) in [5.41, 5.74) is 4.37. The molecule has 14 heteroatoms. The Morgan fingerprint density at radius 3 is 1.60 bits per heavy atom. The Labute approximate surface area is 248 Å². The lowest BCUT2D eigenvalue weighted by molar-refractivity contribution is -0.107. The number of carbonyl (C=O) groups is 2. The van der Waals surface area contributed by atoms with Gasteiger partial charge in [0.2, 0.25) is 0 Å². The van der Waals surface area contributed by atoms with E-state index in [-0.39, 0.29) is 22.3 Å². The second kappa shape index (κ2) is 13.4. The molecule has 2 aromatic carbocycles. The number of carboxylic acids is 2. The normalized spacial score (nSPS) is 15.5. The number of anilines is 2. The number of hydrogen-bond donors (Lipinski definition) is 7. The van der Waals surface area contributed by atoms with Crippen molar-refractivity contribution in [1.82, 2.24) is 0 Å². The van der Waals surface area contributed by atoms with E-state index in [9.17, 15) is 14.7 Å². The van der Waals surface area contributed by atoms with E-state index >= 15 is 0 Å². The molecule has 1 fully saturated rings. The van der Waals surface area contributed by atoms with E-state index in [4.69, 9.17) is 40.4 Å². The zero-order valence-corrected chi connectivity index (χ0v) is 26.0. The van der Waals surface area contributed by atoms with Crippen molar-refractivity contribution < 1.29 is 49.4 Å². The van der Waals surface area contributed by atoms with Crippen molar-refractivity contribution in [1.29, 1.82) is 0 Å². The fourth-order valence-electron chi connectivity index (χ4n) is 3.08. The lowest BCUT2D eigenvalue weighted by atomic mass is 9.78. The molecule has 0 aliphatic carbocycles. The fourth-order valence-corrected chi connectivity index (χ4v) is 3.08. The number of rotatable bonds is 6. The van der Waals surface area contributed by atoms with Crippen LogP contribution in [0.5, 0.6) is 0 Å². The second-order valence-electron chi connectivity index (χ2n) is 12.3. The van der Waals surface area contributed by atoms with Gasteiger partial charge in [-0.2, -0.15) is 0 Å². The fraction of sp³-hybridized carbons (Fsp3) is 0.500. The minimum atomic E-state index is -1.71. The molecule has 0 amide bonds. The Morgan fingerprint density at radius 1 is 0.810 bits per heavy atom. The van der Waals surface area contributed by atoms with Gasteiger partial charge in [-0.15, -0.1) is 0 Å². The van der Waals surface area contributed by atoms with E-state index in [0.717, 1.165) is 17.2 Å². The topological polar surface area (TPSA) is 203 Å². The minimum Gasteiger partial charge on any atom is -0.478 e. The van der Waals surface area contributed by atoms with Crippen LogP contribution >= 0.6 is 0 Å². The SMILES string of the molecule is CC(C)(O)C(C)(C)O.CN(C)c1cc(B2OC(C)(C)C(C)(C)O2)cc(C(=O)O)c1.Nc1cc(B(O)O)cc(C(=O)O)c1. The number of nitrogens with zero attached hydrogens (tertiary/aromatic N) is 1. The predicted octanol–water partition coefficient (Wildman–Crippen LogP) is 0.925. The third-order valence-electron chi connectivity index (χ3n) is 7.25. The Balaban J connectivity index is 0.000000357. The maximum Gasteiger partial charge on any atom is 0.494 e. The average molecular weight is 590 g/mol. The van der Waals surface area contributed by atoms with E-state index in [1.807, 2.05) is 52.8 Å². The quantitative estimate of drug-likeness (QED) is 0.186. The molecule has 0 aromatic heterocycles. The molecule has 0 radical (unpaired) electrons. The van der Waals surface area contributed by atoms with Crippen molar-refractivity contribution in [2.24, 2.45) is 0 Å². The Bertz CT molecular complexity index is 1220. The van der Waals surface area contributed by atoms with Gasteiger partial charge in [-0.25, -0.2) is 9.59 Å². The van der Waals surface area contributed by atoms with Crippen LogP contribution in [0.1, 0.15) is 76.1 Å². The Morgan fingerprint density at radius 2 is 1.24 bits per heavy atom. The standard InChI is InChI=1S/C15H22BNO4.C7H8BNO4.C6H14O2/c1-14(2)15(3,4)21-16(20-14)11-7-10(13(18)19)8-12(9-11)17(5)6;9-6-2-4(7(10)11)1-5(3-6)8(12)13;1-5(2,7)6(3,4)8/h7-9H,1-6H3,(H,18,19);1-3,12-13H,9H2,(H,10,11);7-8H,1-4H3. The zero-order valence-electron chi connectivity index (χ0n) is 26.0. The summed E-state index contributed by atoms with van der Waals surface area (Å²) in [6.45, 7) is 14.2. The van der Waals surface area contributed by atoms with E-state index in [1.165, 1.54) is 12.1 Å². The molecular formula is C28H44B2N2O10. The molecule has 0 bridgehead atoms. The molecule has 1 heterocycles. The lowest BCUT2D eigenvalue weighted by Gasteiger charge is -2.32. The van der Waals surface area contributed by atoms with Crippen LogP contribution in [-0.2, 0) is 9.31 Å². The highest BCUT2D eigenvalue weighted by Crippen LogP contribution is 2.36. The van der Waals surface area contributed by atoms with Crippen LogP contribution in [0, 0.1) is 0 Å². The van der Waals surface area contributed by atoms with Gasteiger partial charge in [-0.05, 0) is 103 Å². The van der Waals surface area contributed by atoms with Gasteiger partial charge in [0.25, 0.3) is 0 Å². The number of benzene rings is 2. The van der Waals surface area contributed by atoms with E-state index in [2.05, 4.69) is 0 Å². The van der Waals surface area contributed by atoms with Crippen LogP contribution in [0.25, 0.3) is 0 Å². The largest absolute Gasteiger partial charge is 0.494 e. The van der Waals surface area contributed by atoms with E-state index in [1.54, 1.807) is 39.8 Å². The average Bonchev–Trinajstić information content (AvgIpc) is 3.04. The molecule has 1 aliphatic heterocycles. The smallest absolute Gasteiger partial charge is 0.478 e. The van der Waals surface area contributed by atoms with E-state index < -0.39 is 48.6 Å². The van der Waals surface area contributed by atoms with Gasteiger partial charge in [0, 0.05) is 25.5 Å². The summed E-state index contributed by atoms with van der Waals surface area (Å²) in [5.74, 6) is -2.12. The van der Waals surface area contributed by atoms with Gasteiger partial charge in [-0.3, -0.25) is 0 Å². The monoisotopic (exact) mass is 590 g/mol. The summed E-state index contributed by atoms with van der Waals surface area (Å²) in [6, 6.07) is 8.85. The number of hydrogen-bond acceptors (Lipinski definition) is 10. The van der Waals surface area contributed by atoms with Crippen molar-refractivity contribution in [3.63, 3.8) is 0 Å². The molecular weight excluding hydrogens is 546 g/mol. The number of aliphatic hydroxyl groups is 2. The second-order valence-corrected chi connectivity index (χ2v) is 12.3. The van der Waals surface area contributed by atoms with Crippen LogP contribution in [0.4, 0.5) is 11.4 Å². The molecule has 232 valence electrons. The van der Waals surface area contributed by atoms with Gasteiger partial charge < -0.3 is 50.4 Å². The summed E-state index contributed by atoms with van der Waals surface area (Å²) in [4.78, 5) is 23.7. The van der Waals surface area contributed by atoms with Crippen LogP contribution < -0.4 is 21.6 Å². The molecule has 0 unspecified atom stereocenters. The van der Waals surface area contributed by atoms with Crippen molar-refractivity contribution in [2.45, 2.75) is 77.8 Å². The lowest BCUT2D eigenvalue weighted by Crippen LogP contribution is -2.44. The molecule has 2 aromatic rings. The molecule has 8 N–H and O–H groups in total. The number of nitrogen functional groups attached to an aromatic ring is 1. The first-order valence-corrected chi connectivity index (χ1v) is 13.1. The first-order chi connectivity index (χ1) is 18.8. The number of nitrogens with two attached hydrogens (primary N) is 1. The predicted molar refractivity (Wildman–Crippen MR) is 164 cm³/mol. The summed E-state index contributed by atoms with van der Waals surface area (Å²) < 4.78 is 12.0. The molecule has 0 spiro atoms. The summed E-state index contributed by atoms with van der Waals surface area (Å²) in [6.07, 6.45) is 0. The highest BCUT2D eigenvalue weighted by Gasteiger charge is 2.51. The van der Waals surface area contributed by atoms with Crippen molar-refractivity contribution in [3.8, 4) is 0 Å². The third-order valence-corrected chi connectivity index (χ3v) is 7.25. The van der Waals surface area contributed by atoms with Crippen LogP contribution in [0.2, 0.25) is 0 Å². The van der Waals surface area contributed by atoms with Crippen molar-refractivity contribution in [3.05, 3.63) is 47.5 Å². The summed E-state index contributed by atoms with van der Waals surface area (Å²) in [5, 5.41) is 53.6. The molecule has 42 heavy (non-hydrogen) atoms. The van der Waals surface area contributed by atoms with Crippen molar-refractivity contribution >= 4 is 48.5 Å². The maximum absolute atomic E-state index is 11.3. The van der Waals surface area contributed by atoms with E-state index in [0.29, 0.717) is 0 Å². The number of carboxylic acid groups (broad SMARTS) is 2. The molecule has 0 saturated carbocycles. The van der Waals surface area contributed by atoms with Crippen LogP contribution in [-0.4, -0.2) is 93.1 Å². The van der Waals surface area contributed by atoms with Crippen LogP contribution in [0.3, 0.4) is 0 Å². The maximum atomic E-state index is 11.3. The highest BCUT2D eigenvalue weighted by molar-refractivity contribution is 6.62. The molecule has 1 saturated heterocycles. The Kier molecular flexibility index (Phi) is 11.8. The summed E-state index contributed by atoms with van der Waals surface area (Å²) >= 11 is 0. The molecule has 3 rings (SSSR count). The van der Waals surface area contributed by atoms with Gasteiger partial charge in [0.1, 0.15) is 0 Å². The van der Waals surface area contributed by atoms with Gasteiger partial charge in [-0.1, -0.05) is 0 Å². The highest BCUT2D eigenvalue weighted by atomic mass is 16.7. The molecule has 0 atom stereocenters. The van der Waals surface area contributed by atoms with Gasteiger partial charge >= 0.3 is 26.2 Å². The summed E-state index contributed by atoms with van der Waals surface area (Å²) in [7, 11) is 1.47. The molecule has 12 nitrogen and oxygen atoms in total.